The maximum Gasteiger partial charge on any atom is 0.350 e. The Bertz CT molecular complexity index is 1500. The highest BCUT2D eigenvalue weighted by molar-refractivity contribution is 5.94. The minimum atomic E-state index is -1.00. The van der Waals surface area contributed by atoms with Crippen LogP contribution >= 0.6 is 0 Å². The van der Waals surface area contributed by atoms with Gasteiger partial charge in [-0.2, -0.15) is 0 Å². The number of amides is 1. The third-order valence-electron chi connectivity index (χ3n) is 8.13. The smallest absolute Gasteiger partial charge is 0.350 e. The number of nitrogens with one attached hydrogen (secondary N) is 1. The number of anilines is 1. The van der Waals surface area contributed by atoms with E-state index < -0.39 is 5.97 Å². The number of fused-ring (bicyclic) bond motifs is 1. The van der Waals surface area contributed by atoms with Crippen molar-refractivity contribution in [3.05, 3.63) is 95.2 Å². The Balaban J connectivity index is 1.34. The Hall–Kier alpha value is -4.33. The SMILES string of the molecule is Cc1c(C(Nc2ccc(C(=O)N(C)CCC(=O)OF)cc2)C2CCCCC2)oc2ccc(OCc3ccccc3)cc12. The first-order chi connectivity index (χ1) is 20.4. The van der Waals surface area contributed by atoms with Crippen LogP contribution in [0.4, 0.5) is 10.2 Å². The predicted molar refractivity (Wildman–Crippen MR) is 160 cm³/mol. The van der Waals surface area contributed by atoms with E-state index >= 15 is 0 Å². The Labute approximate surface area is 245 Å². The summed E-state index contributed by atoms with van der Waals surface area (Å²) in [5.41, 5.74) is 4.41. The molecule has 7 nitrogen and oxygen atoms in total. The summed E-state index contributed by atoms with van der Waals surface area (Å²) in [6.07, 6.45) is 5.64. The topological polar surface area (TPSA) is 81.0 Å². The van der Waals surface area contributed by atoms with Crippen molar-refractivity contribution in [1.82, 2.24) is 4.90 Å². The molecule has 0 aliphatic heterocycles. The molecule has 1 saturated carbocycles. The fraction of sp³-hybridized carbons (Fsp3) is 0.353. The van der Waals surface area contributed by atoms with Gasteiger partial charge >= 0.3 is 5.97 Å². The molecule has 42 heavy (non-hydrogen) atoms. The summed E-state index contributed by atoms with van der Waals surface area (Å²) in [6.45, 7) is 2.67. The molecule has 220 valence electrons. The zero-order valence-corrected chi connectivity index (χ0v) is 24.1. The minimum absolute atomic E-state index is 0.0256. The molecule has 0 spiro atoms. The maximum atomic E-state index is 12.8. The average Bonchev–Trinajstić information content (AvgIpc) is 3.37. The number of hydrogen-bond donors (Lipinski definition) is 1. The van der Waals surface area contributed by atoms with Crippen LogP contribution < -0.4 is 10.1 Å². The van der Waals surface area contributed by atoms with Crippen LogP contribution in [0.25, 0.3) is 11.0 Å². The van der Waals surface area contributed by atoms with E-state index in [4.69, 9.17) is 9.15 Å². The van der Waals surface area contributed by atoms with Gasteiger partial charge in [0.2, 0.25) is 0 Å². The number of aryl methyl sites for hydroxylation is 1. The van der Waals surface area contributed by atoms with Crippen LogP contribution in [-0.4, -0.2) is 30.4 Å². The van der Waals surface area contributed by atoms with Gasteiger partial charge in [-0.05, 0) is 73.7 Å². The van der Waals surface area contributed by atoms with Gasteiger partial charge in [0.25, 0.3) is 5.91 Å². The van der Waals surface area contributed by atoms with E-state index in [9.17, 15) is 14.1 Å². The molecule has 1 amide bonds. The number of benzene rings is 3. The molecule has 4 aromatic rings. The fourth-order valence-corrected chi connectivity index (χ4v) is 5.72. The van der Waals surface area contributed by atoms with Gasteiger partial charge < -0.3 is 19.4 Å². The molecule has 1 atom stereocenters. The second-order valence-electron chi connectivity index (χ2n) is 11.0. The monoisotopic (exact) mass is 572 g/mol. The number of carbonyl (C=O) groups excluding carboxylic acids is 2. The molecule has 1 fully saturated rings. The predicted octanol–water partition coefficient (Wildman–Crippen LogP) is 7.94. The molecule has 1 unspecified atom stereocenters. The zero-order valence-electron chi connectivity index (χ0n) is 24.1. The quantitative estimate of drug-likeness (QED) is 0.196. The van der Waals surface area contributed by atoms with Crippen LogP contribution in [0.2, 0.25) is 0 Å². The first-order valence-corrected chi connectivity index (χ1v) is 14.6. The molecular weight excluding hydrogens is 535 g/mol. The minimum Gasteiger partial charge on any atom is -0.489 e. The molecule has 0 bridgehead atoms. The lowest BCUT2D eigenvalue weighted by Crippen LogP contribution is -2.29. The van der Waals surface area contributed by atoms with Crippen LogP contribution in [-0.2, 0) is 16.3 Å². The van der Waals surface area contributed by atoms with Crippen molar-refractivity contribution in [2.24, 2.45) is 5.92 Å². The van der Waals surface area contributed by atoms with Gasteiger partial charge in [-0.15, -0.1) is 0 Å². The highest BCUT2D eigenvalue weighted by atomic mass is 19.3. The van der Waals surface area contributed by atoms with Gasteiger partial charge in [-0.3, -0.25) is 9.74 Å². The third kappa shape index (κ3) is 6.93. The van der Waals surface area contributed by atoms with Crippen molar-refractivity contribution < 1.29 is 28.2 Å². The molecule has 5 rings (SSSR count). The van der Waals surface area contributed by atoms with Gasteiger partial charge in [0, 0.05) is 40.3 Å². The van der Waals surface area contributed by atoms with Crippen LogP contribution in [0.1, 0.15) is 71.8 Å². The highest BCUT2D eigenvalue weighted by Crippen LogP contribution is 2.41. The number of nitrogens with zero attached hydrogens (tertiary/aromatic N) is 1. The molecular formula is C34H37FN2O5. The Morgan fingerprint density at radius 2 is 1.76 bits per heavy atom. The molecule has 1 aliphatic carbocycles. The molecule has 1 aromatic heterocycles. The van der Waals surface area contributed by atoms with Crippen molar-refractivity contribution in [2.45, 2.75) is 58.1 Å². The summed E-state index contributed by atoms with van der Waals surface area (Å²) in [6, 6.07) is 23.4. The first-order valence-electron chi connectivity index (χ1n) is 14.6. The lowest BCUT2D eigenvalue weighted by atomic mass is 9.82. The van der Waals surface area contributed by atoms with Gasteiger partial charge in [-0.1, -0.05) is 49.6 Å². The summed E-state index contributed by atoms with van der Waals surface area (Å²) in [7, 11) is 1.57. The van der Waals surface area contributed by atoms with E-state index in [0.29, 0.717) is 18.1 Å². The maximum absolute atomic E-state index is 12.8. The largest absolute Gasteiger partial charge is 0.489 e. The number of hydrogen-bond acceptors (Lipinski definition) is 6. The van der Waals surface area contributed by atoms with E-state index in [1.807, 2.05) is 54.6 Å². The number of ether oxygens (including phenoxy) is 1. The van der Waals surface area contributed by atoms with Crippen molar-refractivity contribution >= 4 is 28.5 Å². The van der Waals surface area contributed by atoms with Crippen molar-refractivity contribution in [3.8, 4) is 5.75 Å². The lowest BCUT2D eigenvalue weighted by molar-refractivity contribution is -0.183. The zero-order chi connectivity index (χ0) is 29.5. The fourth-order valence-electron chi connectivity index (χ4n) is 5.72. The van der Waals surface area contributed by atoms with Crippen molar-refractivity contribution in [1.29, 1.82) is 0 Å². The van der Waals surface area contributed by atoms with Crippen LogP contribution in [0.3, 0.4) is 0 Å². The van der Waals surface area contributed by atoms with Crippen LogP contribution in [0.15, 0.2) is 77.2 Å². The average molecular weight is 573 g/mol. The molecule has 1 aliphatic rings. The molecule has 1 N–H and O–H groups in total. The van der Waals surface area contributed by atoms with Gasteiger partial charge in [-0.25, -0.2) is 4.79 Å². The summed E-state index contributed by atoms with van der Waals surface area (Å²) in [4.78, 5) is 28.4. The standard InChI is InChI=1S/C34H37FN2O5/c1-23-29-21-28(40-22-24-9-5-3-6-10-24)17-18-30(29)41-33(23)32(25-11-7-4-8-12-25)36-27-15-13-26(14-16-27)34(39)37(2)20-19-31(38)42-35/h3,5-6,9-10,13-18,21,25,32,36H,4,7-8,11-12,19-20,22H2,1-2H3. The Kier molecular flexibility index (Phi) is 9.41. The van der Waals surface area contributed by atoms with E-state index in [0.717, 1.165) is 52.1 Å². The normalized spacial score (nSPS) is 14.4. The summed E-state index contributed by atoms with van der Waals surface area (Å²) >= 11 is 0. The number of halogens is 1. The third-order valence-corrected chi connectivity index (χ3v) is 8.13. The summed E-state index contributed by atoms with van der Waals surface area (Å²) in [5, 5.41) is 4.76. The van der Waals surface area contributed by atoms with E-state index in [-0.39, 0.29) is 24.9 Å². The highest BCUT2D eigenvalue weighted by Gasteiger charge is 2.30. The van der Waals surface area contributed by atoms with Crippen molar-refractivity contribution in [3.63, 3.8) is 0 Å². The van der Waals surface area contributed by atoms with Crippen LogP contribution in [0.5, 0.6) is 5.75 Å². The Morgan fingerprint density at radius 1 is 1.02 bits per heavy atom. The number of carbonyl (C=O) groups is 2. The van der Waals surface area contributed by atoms with Gasteiger partial charge in [0.1, 0.15) is 23.7 Å². The van der Waals surface area contributed by atoms with Crippen molar-refractivity contribution in [2.75, 3.05) is 18.9 Å². The number of furan rings is 1. The summed E-state index contributed by atoms with van der Waals surface area (Å²) < 4.78 is 24.6. The molecule has 3 aromatic carbocycles. The summed E-state index contributed by atoms with van der Waals surface area (Å²) in [5.74, 6) is 0.886. The van der Waals surface area contributed by atoms with E-state index in [2.05, 4.69) is 23.2 Å². The molecule has 8 heteroatoms. The second kappa shape index (κ2) is 13.6. The van der Waals surface area contributed by atoms with E-state index in [1.54, 1.807) is 19.2 Å². The second-order valence-corrected chi connectivity index (χ2v) is 11.0. The van der Waals surface area contributed by atoms with Gasteiger partial charge in [0.05, 0.1) is 12.5 Å². The Morgan fingerprint density at radius 3 is 2.48 bits per heavy atom. The lowest BCUT2D eigenvalue weighted by Gasteiger charge is -2.31. The molecule has 0 saturated heterocycles. The molecule has 0 radical (unpaired) electrons. The first kappa shape index (κ1) is 29.2. The van der Waals surface area contributed by atoms with E-state index in [1.165, 1.54) is 24.2 Å². The number of rotatable bonds is 11. The molecule has 1 heterocycles. The van der Waals surface area contributed by atoms with Crippen LogP contribution in [0, 0.1) is 12.8 Å². The van der Waals surface area contributed by atoms with Gasteiger partial charge in [0.15, 0.2) is 0 Å².